The van der Waals surface area contributed by atoms with E-state index in [1.54, 1.807) is 0 Å². The van der Waals surface area contributed by atoms with Gasteiger partial charge in [0, 0.05) is 24.7 Å². The van der Waals surface area contributed by atoms with E-state index in [-0.39, 0.29) is 23.9 Å². The third-order valence-corrected chi connectivity index (χ3v) is 3.92. The highest BCUT2D eigenvalue weighted by molar-refractivity contribution is 5.78. The first-order chi connectivity index (χ1) is 9.17. The number of nitrogens with two attached hydrogens (primary N) is 1. The molecule has 1 spiro atoms. The van der Waals surface area contributed by atoms with Crippen molar-refractivity contribution in [3.63, 3.8) is 0 Å². The lowest BCUT2D eigenvalue weighted by molar-refractivity contribution is -0.132. The van der Waals surface area contributed by atoms with Crippen molar-refractivity contribution in [2.75, 3.05) is 26.2 Å². The Bertz CT molecular complexity index is 388. The van der Waals surface area contributed by atoms with Crippen LogP contribution in [0, 0.1) is 5.41 Å². The molecule has 1 heterocycles. The summed E-state index contributed by atoms with van der Waals surface area (Å²) in [5.41, 5.74) is 5.31. The van der Waals surface area contributed by atoms with E-state index in [0.717, 1.165) is 25.9 Å². The number of primary amides is 1. The Hall–Kier alpha value is -1.14. The summed E-state index contributed by atoms with van der Waals surface area (Å²) in [5.74, 6) is -0.213. The summed E-state index contributed by atoms with van der Waals surface area (Å²) in [6.07, 6.45) is 2.16. The zero-order valence-corrected chi connectivity index (χ0v) is 12.7. The summed E-state index contributed by atoms with van der Waals surface area (Å²) < 4.78 is 0. The van der Waals surface area contributed by atoms with Gasteiger partial charge < -0.3 is 16.4 Å². The van der Waals surface area contributed by atoms with E-state index in [1.807, 2.05) is 20.8 Å². The molecule has 2 aliphatic rings. The number of hydrogen-bond donors (Lipinski definition) is 3. The molecular weight excluding hydrogens is 256 g/mol. The molecule has 20 heavy (non-hydrogen) atoms. The minimum absolute atomic E-state index is 0.0927. The number of amides is 2. The quantitative estimate of drug-likeness (QED) is 0.631. The summed E-state index contributed by atoms with van der Waals surface area (Å²) in [4.78, 5) is 24.7. The minimum Gasteiger partial charge on any atom is -0.369 e. The molecule has 2 amide bonds. The molecule has 1 saturated carbocycles. The lowest BCUT2D eigenvalue weighted by Gasteiger charge is -2.59. The SMILES string of the molecule is CC(C)(C)NC(=O)CN1CC2(CC(NCC(N)=O)C2)C1. The molecule has 0 bridgehead atoms. The molecule has 114 valence electrons. The van der Waals surface area contributed by atoms with Crippen LogP contribution >= 0.6 is 0 Å². The Morgan fingerprint density at radius 2 is 1.90 bits per heavy atom. The maximum absolute atomic E-state index is 11.8. The fraction of sp³-hybridized carbons (Fsp3) is 0.857. The van der Waals surface area contributed by atoms with Crippen molar-refractivity contribution >= 4 is 11.8 Å². The van der Waals surface area contributed by atoms with Crippen molar-refractivity contribution in [2.24, 2.45) is 11.1 Å². The van der Waals surface area contributed by atoms with Crippen LogP contribution in [0.15, 0.2) is 0 Å². The predicted molar refractivity (Wildman–Crippen MR) is 77.0 cm³/mol. The molecule has 1 aliphatic heterocycles. The summed E-state index contributed by atoms with van der Waals surface area (Å²) in [5, 5.41) is 6.14. The second kappa shape index (κ2) is 5.33. The van der Waals surface area contributed by atoms with Gasteiger partial charge in [0.1, 0.15) is 0 Å². The van der Waals surface area contributed by atoms with E-state index in [2.05, 4.69) is 15.5 Å². The lowest BCUT2D eigenvalue weighted by atomic mass is 9.60. The number of carbonyl (C=O) groups excluding carboxylic acids is 2. The zero-order chi connectivity index (χ0) is 15.0. The van der Waals surface area contributed by atoms with Crippen molar-refractivity contribution < 1.29 is 9.59 Å². The second-order valence-corrected chi connectivity index (χ2v) is 7.40. The summed E-state index contributed by atoms with van der Waals surface area (Å²) in [6, 6.07) is 0.410. The second-order valence-electron chi connectivity index (χ2n) is 7.40. The summed E-state index contributed by atoms with van der Waals surface area (Å²) >= 11 is 0. The van der Waals surface area contributed by atoms with Crippen LogP contribution < -0.4 is 16.4 Å². The highest BCUT2D eigenvalue weighted by atomic mass is 16.2. The Labute approximate surface area is 120 Å². The maximum Gasteiger partial charge on any atom is 0.234 e. The Morgan fingerprint density at radius 3 is 2.40 bits per heavy atom. The van der Waals surface area contributed by atoms with Gasteiger partial charge in [-0.1, -0.05) is 0 Å². The molecule has 6 nitrogen and oxygen atoms in total. The fourth-order valence-corrected chi connectivity index (χ4v) is 3.31. The zero-order valence-electron chi connectivity index (χ0n) is 12.7. The molecule has 1 aliphatic carbocycles. The van der Waals surface area contributed by atoms with Crippen LogP contribution in [0.5, 0.6) is 0 Å². The first kappa shape index (κ1) is 15.3. The molecule has 0 aromatic rings. The van der Waals surface area contributed by atoms with E-state index in [0.29, 0.717) is 18.0 Å². The van der Waals surface area contributed by atoms with Crippen LogP contribution in [0.4, 0.5) is 0 Å². The fourth-order valence-electron chi connectivity index (χ4n) is 3.31. The average Bonchev–Trinajstić information content (AvgIpc) is 2.14. The molecule has 0 radical (unpaired) electrons. The largest absolute Gasteiger partial charge is 0.369 e. The Morgan fingerprint density at radius 1 is 1.30 bits per heavy atom. The third kappa shape index (κ3) is 3.93. The predicted octanol–water partition coefficient (Wildman–Crippen LogP) is -0.560. The minimum atomic E-state index is -0.306. The monoisotopic (exact) mass is 282 g/mol. The molecule has 4 N–H and O–H groups in total. The van der Waals surface area contributed by atoms with Gasteiger partial charge >= 0.3 is 0 Å². The molecule has 6 heteroatoms. The van der Waals surface area contributed by atoms with Gasteiger partial charge in [-0.2, -0.15) is 0 Å². The third-order valence-electron chi connectivity index (χ3n) is 3.92. The topological polar surface area (TPSA) is 87.5 Å². The molecule has 0 aromatic heterocycles. The van der Waals surface area contributed by atoms with E-state index in [1.165, 1.54) is 0 Å². The van der Waals surface area contributed by atoms with Gasteiger partial charge in [-0.25, -0.2) is 0 Å². The maximum atomic E-state index is 11.8. The average molecular weight is 282 g/mol. The van der Waals surface area contributed by atoms with E-state index >= 15 is 0 Å². The van der Waals surface area contributed by atoms with Gasteiger partial charge in [-0.15, -0.1) is 0 Å². The highest BCUT2D eigenvalue weighted by Crippen LogP contribution is 2.48. The van der Waals surface area contributed by atoms with Crippen molar-refractivity contribution in [1.29, 1.82) is 0 Å². The molecular formula is C14H26N4O2. The molecule has 0 unspecified atom stereocenters. The number of rotatable bonds is 5. The molecule has 0 aromatic carbocycles. The van der Waals surface area contributed by atoms with Crippen LogP contribution in [0.3, 0.4) is 0 Å². The van der Waals surface area contributed by atoms with Crippen molar-refractivity contribution in [3.05, 3.63) is 0 Å². The van der Waals surface area contributed by atoms with Gasteiger partial charge in [0.15, 0.2) is 0 Å². The first-order valence-corrected chi connectivity index (χ1v) is 7.23. The highest BCUT2D eigenvalue weighted by Gasteiger charge is 2.52. The van der Waals surface area contributed by atoms with Gasteiger partial charge in [0.05, 0.1) is 13.1 Å². The Balaban J connectivity index is 1.62. The number of likely N-dealkylation sites (tertiary alicyclic amines) is 1. The Kier molecular flexibility index (Phi) is 4.07. The van der Waals surface area contributed by atoms with Crippen molar-refractivity contribution in [3.8, 4) is 0 Å². The normalized spacial score (nSPS) is 22.1. The number of hydrogen-bond acceptors (Lipinski definition) is 4. The van der Waals surface area contributed by atoms with Crippen LogP contribution in [0.1, 0.15) is 33.6 Å². The number of nitrogens with zero attached hydrogens (tertiary/aromatic N) is 1. The molecule has 0 atom stereocenters. The first-order valence-electron chi connectivity index (χ1n) is 7.23. The standard InChI is InChI=1S/C14H26N4O2/c1-13(2,3)17-12(20)7-18-8-14(9-18)4-10(5-14)16-6-11(15)19/h10,16H,4-9H2,1-3H3,(H2,15,19)(H,17,20). The molecule has 2 fully saturated rings. The van der Waals surface area contributed by atoms with Crippen LogP contribution in [-0.4, -0.2) is 54.5 Å². The van der Waals surface area contributed by atoms with Crippen LogP contribution in [-0.2, 0) is 9.59 Å². The van der Waals surface area contributed by atoms with Crippen LogP contribution in [0.25, 0.3) is 0 Å². The smallest absolute Gasteiger partial charge is 0.234 e. The number of nitrogens with one attached hydrogen (secondary N) is 2. The van der Waals surface area contributed by atoms with Gasteiger partial charge in [-0.05, 0) is 39.0 Å². The molecule has 2 rings (SSSR count). The van der Waals surface area contributed by atoms with Gasteiger partial charge in [-0.3, -0.25) is 14.5 Å². The van der Waals surface area contributed by atoms with Crippen LogP contribution in [0.2, 0.25) is 0 Å². The molecule has 1 saturated heterocycles. The van der Waals surface area contributed by atoms with Crippen molar-refractivity contribution in [2.45, 2.75) is 45.2 Å². The summed E-state index contributed by atoms with van der Waals surface area (Å²) in [6.45, 7) is 8.69. The summed E-state index contributed by atoms with van der Waals surface area (Å²) in [7, 11) is 0. The lowest BCUT2D eigenvalue weighted by Crippen LogP contribution is -2.67. The van der Waals surface area contributed by atoms with E-state index < -0.39 is 0 Å². The van der Waals surface area contributed by atoms with E-state index in [9.17, 15) is 9.59 Å². The van der Waals surface area contributed by atoms with Gasteiger partial charge in [0.25, 0.3) is 0 Å². The van der Waals surface area contributed by atoms with E-state index in [4.69, 9.17) is 5.73 Å². The van der Waals surface area contributed by atoms with Gasteiger partial charge in [0.2, 0.25) is 11.8 Å². The van der Waals surface area contributed by atoms with Crippen molar-refractivity contribution in [1.82, 2.24) is 15.5 Å². The number of carbonyl (C=O) groups is 2.